The van der Waals surface area contributed by atoms with Crippen molar-refractivity contribution in [1.82, 2.24) is 4.90 Å². The highest BCUT2D eigenvalue weighted by molar-refractivity contribution is 7.12. The predicted molar refractivity (Wildman–Crippen MR) is 100 cm³/mol. The van der Waals surface area contributed by atoms with Gasteiger partial charge in [0, 0.05) is 18.7 Å². The number of rotatable bonds is 3. The first-order chi connectivity index (χ1) is 12.2. The molecule has 0 spiro atoms. The summed E-state index contributed by atoms with van der Waals surface area (Å²) < 4.78 is 0. The van der Waals surface area contributed by atoms with Gasteiger partial charge in [0.05, 0.1) is 10.4 Å². The maximum absolute atomic E-state index is 13.1. The van der Waals surface area contributed by atoms with Crippen molar-refractivity contribution in [2.45, 2.75) is 32.1 Å². The average Bonchev–Trinajstić information content (AvgIpc) is 3.21. The van der Waals surface area contributed by atoms with E-state index in [0.29, 0.717) is 21.9 Å². The number of ketones is 1. The molecule has 1 aliphatic carbocycles. The van der Waals surface area contributed by atoms with E-state index in [9.17, 15) is 9.59 Å². The van der Waals surface area contributed by atoms with Crippen LogP contribution in [-0.2, 0) is 0 Å². The summed E-state index contributed by atoms with van der Waals surface area (Å²) in [7, 11) is 0. The van der Waals surface area contributed by atoms with Crippen LogP contribution in [-0.4, -0.2) is 29.7 Å². The molecule has 0 unspecified atom stereocenters. The molecule has 2 aliphatic rings. The number of likely N-dealkylation sites (tertiary alicyclic amines) is 1. The van der Waals surface area contributed by atoms with Crippen molar-refractivity contribution in [3.63, 3.8) is 0 Å². The predicted octanol–water partition coefficient (Wildman–Crippen LogP) is 4.63. The first-order valence-electron chi connectivity index (χ1n) is 9.20. The molecule has 4 rings (SSSR count). The molecule has 1 aromatic heterocycles. The third kappa shape index (κ3) is 3.28. The van der Waals surface area contributed by atoms with E-state index >= 15 is 0 Å². The van der Waals surface area contributed by atoms with Gasteiger partial charge in [0.2, 0.25) is 5.78 Å². The zero-order valence-electron chi connectivity index (χ0n) is 14.3. The van der Waals surface area contributed by atoms with Crippen molar-refractivity contribution in [2.24, 2.45) is 11.8 Å². The second-order valence-electron chi connectivity index (χ2n) is 7.20. The van der Waals surface area contributed by atoms with Crippen molar-refractivity contribution in [1.29, 1.82) is 0 Å². The van der Waals surface area contributed by atoms with Crippen LogP contribution >= 0.6 is 11.3 Å². The van der Waals surface area contributed by atoms with E-state index in [1.54, 1.807) is 12.1 Å². The summed E-state index contributed by atoms with van der Waals surface area (Å²) in [4.78, 5) is 28.6. The van der Waals surface area contributed by atoms with Crippen molar-refractivity contribution >= 4 is 23.0 Å². The van der Waals surface area contributed by atoms with Crippen LogP contribution in [0.15, 0.2) is 41.8 Å². The van der Waals surface area contributed by atoms with Gasteiger partial charge in [-0.25, -0.2) is 0 Å². The zero-order valence-corrected chi connectivity index (χ0v) is 15.1. The smallest absolute Gasteiger partial charge is 0.254 e. The van der Waals surface area contributed by atoms with Crippen LogP contribution in [0.2, 0.25) is 0 Å². The van der Waals surface area contributed by atoms with Crippen LogP contribution < -0.4 is 0 Å². The van der Waals surface area contributed by atoms with Gasteiger partial charge >= 0.3 is 0 Å². The van der Waals surface area contributed by atoms with Crippen molar-refractivity contribution in [3.8, 4) is 0 Å². The minimum absolute atomic E-state index is 0.0181. The van der Waals surface area contributed by atoms with Gasteiger partial charge in [0.1, 0.15) is 0 Å². The second kappa shape index (κ2) is 7.12. The van der Waals surface area contributed by atoms with Crippen molar-refractivity contribution in [3.05, 3.63) is 57.8 Å². The summed E-state index contributed by atoms with van der Waals surface area (Å²) in [6.07, 6.45) is 6.30. The first kappa shape index (κ1) is 16.5. The summed E-state index contributed by atoms with van der Waals surface area (Å²) in [5.41, 5.74) is 1.08. The van der Waals surface area contributed by atoms with Gasteiger partial charge in [0.25, 0.3) is 5.91 Å². The Morgan fingerprint density at radius 3 is 2.44 bits per heavy atom. The zero-order chi connectivity index (χ0) is 17.2. The molecule has 1 aliphatic heterocycles. The van der Waals surface area contributed by atoms with Crippen LogP contribution in [0.5, 0.6) is 0 Å². The Morgan fingerprint density at radius 2 is 1.68 bits per heavy atom. The maximum atomic E-state index is 13.1. The number of carbonyl (C=O) groups is 2. The number of piperidine rings is 1. The molecule has 25 heavy (non-hydrogen) atoms. The summed E-state index contributed by atoms with van der Waals surface area (Å²) in [6, 6.07) is 11.0. The number of thiophene rings is 1. The monoisotopic (exact) mass is 353 g/mol. The number of hydrogen-bond donors (Lipinski definition) is 0. The van der Waals surface area contributed by atoms with E-state index in [4.69, 9.17) is 0 Å². The van der Waals surface area contributed by atoms with Crippen molar-refractivity contribution in [2.75, 3.05) is 13.1 Å². The maximum Gasteiger partial charge on any atom is 0.254 e. The highest BCUT2D eigenvalue weighted by atomic mass is 32.1. The van der Waals surface area contributed by atoms with E-state index in [-0.39, 0.29) is 11.7 Å². The molecule has 2 fully saturated rings. The minimum Gasteiger partial charge on any atom is -0.338 e. The molecule has 0 bridgehead atoms. The van der Waals surface area contributed by atoms with Gasteiger partial charge in [-0.05, 0) is 42.2 Å². The topological polar surface area (TPSA) is 37.4 Å². The molecule has 1 aromatic carbocycles. The number of hydrogen-bond acceptors (Lipinski definition) is 3. The molecule has 4 heteroatoms. The minimum atomic E-state index is -0.0495. The fourth-order valence-corrected chi connectivity index (χ4v) is 5.04. The lowest BCUT2D eigenvalue weighted by Gasteiger charge is -2.41. The lowest BCUT2D eigenvalue weighted by atomic mass is 9.75. The van der Waals surface area contributed by atoms with E-state index in [1.165, 1.54) is 37.0 Å². The van der Waals surface area contributed by atoms with E-state index < -0.39 is 0 Å². The van der Waals surface area contributed by atoms with E-state index in [0.717, 1.165) is 25.4 Å². The quantitative estimate of drug-likeness (QED) is 0.754. The Hall–Kier alpha value is -1.94. The van der Waals surface area contributed by atoms with Gasteiger partial charge in [-0.2, -0.15) is 0 Å². The average molecular weight is 353 g/mol. The van der Waals surface area contributed by atoms with Crippen LogP contribution in [0.1, 0.15) is 57.7 Å². The lowest BCUT2D eigenvalue weighted by Crippen LogP contribution is -2.45. The molecule has 0 N–H and O–H groups in total. The van der Waals surface area contributed by atoms with Crippen LogP contribution in [0.4, 0.5) is 0 Å². The molecule has 2 atom stereocenters. The molecular weight excluding hydrogens is 330 g/mol. The Balaban J connectivity index is 1.57. The number of nitrogens with zero attached hydrogens (tertiary/aromatic N) is 1. The molecule has 2 aromatic rings. The molecule has 1 amide bonds. The molecule has 0 radical (unpaired) electrons. The molecule has 1 saturated carbocycles. The van der Waals surface area contributed by atoms with E-state index in [1.807, 2.05) is 34.5 Å². The van der Waals surface area contributed by atoms with Crippen molar-refractivity contribution < 1.29 is 9.59 Å². The Bertz CT molecular complexity index is 768. The van der Waals surface area contributed by atoms with Crippen LogP contribution in [0, 0.1) is 11.8 Å². The van der Waals surface area contributed by atoms with Gasteiger partial charge in [-0.1, -0.05) is 43.5 Å². The Kier molecular flexibility index (Phi) is 4.71. The number of benzene rings is 1. The molecule has 2 heterocycles. The number of amides is 1. The summed E-state index contributed by atoms with van der Waals surface area (Å²) in [6.45, 7) is 1.67. The van der Waals surface area contributed by atoms with Gasteiger partial charge in [0.15, 0.2) is 0 Å². The second-order valence-corrected chi connectivity index (χ2v) is 8.14. The van der Waals surface area contributed by atoms with Gasteiger partial charge in [-0.3, -0.25) is 9.59 Å². The third-order valence-electron chi connectivity index (χ3n) is 5.73. The van der Waals surface area contributed by atoms with Crippen LogP contribution in [0.25, 0.3) is 0 Å². The summed E-state index contributed by atoms with van der Waals surface area (Å²) in [5.74, 6) is 1.41. The molecular formula is C21H23NO2S. The van der Waals surface area contributed by atoms with Crippen LogP contribution in [0.3, 0.4) is 0 Å². The molecule has 1 saturated heterocycles. The normalized spacial score (nSPS) is 23.1. The van der Waals surface area contributed by atoms with Gasteiger partial charge < -0.3 is 4.90 Å². The van der Waals surface area contributed by atoms with E-state index in [2.05, 4.69) is 0 Å². The first-order valence-corrected chi connectivity index (χ1v) is 10.1. The summed E-state index contributed by atoms with van der Waals surface area (Å²) in [5, 5.41) is 1.89. The largest absolute Gasteiger partial charge is 0.338 e. The highest BCUT2D eigenvalue weighted by Crippen LogP contribution is 2.36. The molecule has 130 valence electrons. The summed E-state index contributed by atoms with van der Waals surface area (Å²) >= 11 is 1.42. The lowest BCUT2D eigenvalue weighted by molar-refractivity contribution is 0.0519. The number of fused-ring (bicyclic) bond motifs is 1. The Labute approximate surface area is 152 Å². The highest BCUT2D eigenvalue weighted by Gasteiger charge is 2.34. The Morgan fingerprint density at radius 1 is 0.920 bits per heavy atom. The fourth-order valence-electron chi connectivity index (χ4n) is 4.36. The third-order valence-corrected chi connectivity index (χ3v) is 6.59. The van der Waals surface area contributed by atoms with Gasteiger partial charge in [-0.15, -0.1) is 11.3 Å². The number of carbonyl (C=O) groups excluding carboxylic acids is 2. The fraction of sp³-hybridized carbons (Fsp3) is 0.429. The standard InChI is InChI=1S/C21H23NO2S/c23-20(19-10-5-13-25-19)17-8-3-4-9-18(17)21(24)22-12-11-15-6-1-2-7-16(15)14-22/h3-5,8-10,13,15-16H,1-2,6-7,11-12,14H2/t15-,16+/m0/s1. The molecule has 3 nitrogen and oxygen atoms in total. The SMILES string of the molecule is O=C(c1cccs1)c1ccccc1C(=O)N1CC[C@@H]2CCCC[C@@H]2C1.